The minimum Gasteiger partial charge on any atom is -0.480 e. The predicted molar refractivity (Wildman–Crippen MR) is 21.3 cm³/mol. The van der Waals surface area contributed by atoms with E-state index in [1.54, 1.807) is 0 Å². The molecule has 1 aromatic heterocycles. The number of nitrogens with zero attached hydrogens (tertiary/aromatic N) is 1. The van der Waals surface area contributed by atoms with Crippen LogP contribution in [0.1, 0.15) is 5.69 Å². The molecule has 1 N–H and O–H groups in total. The van der Waals surface area contributed by atoms with Gasteiger partial charge in [0.2, 0.25) is 0 Å². The Bertz CT molecular complexity index is 129. The largest absolute Gasteiger partial charge is 1.00 e. The van der Waals surface area contributed by atoms with Crippen LogP contribution in [0.5, 0.6) is 0 Å². The maximum Gasteiger partial charge on any atom is 1.00 e. The molecular formula is C4H4KNO2. The molecule has 0 radical (unpaired) electrons. The van der Waals surface area contributed by atoms with Gasteiger partial charge in [-0.25, -0.2) is 5.16 Å². The molecule has 0 bridgehead atoms. The first-order valence-corrected chi connectivity index (χ1v) is 1.86. The molecule has 0 aliphatic carbocycles. The Morgan fingerprint density at radius 3 is 2.88 bits per heavy atom. The monoisotopic (exact) mass is 137 g/mol. The molecule has 0 aromatic carbocycles. The van der Waals surface area contributed by atoms with Crippen LogP contribution in [0.2, 0.25) is 0 Å². The van der Waals surface area contributed by atoms with Crippen molar-refractivity contribution in [3.05, 3.63) is 18.0 Å². The normalized spacial score (nSPS) is 8.12. The van der Waals surface area contributed by atoms with Gasteiger partial charge in [-0.1, -0.05) is 0 Å². The van der Waals surface area contributed by atoms with Crippen LogP contribution in [0.25, 0.3) is 0 Å². The van der Waals surface area contributed by atoms with E-state index in [1.807, 2.05) is 0 Å². The van der Waals surface area contributed by atoms with Crippen LogP contribution < -0.4 is 51.4 Å². The number of hydrogen-bond donors (Lipinski definition) is 1. The number of rotatable bonds is 1. The second kappa shape index (κ2) is 4.66. The fourth-order valence-electron chi connectivity index (χ4n) is 0.280. The van der Waals surface area contributed by atoms with E-state index in [2.05, 4.69) is 15.9 Å². The van der Waals surface area contributed by atoms with Gasteiger partial charge in [0, 0.05) is 6.61 Å². The summed E-state index contributed by atoms with van der Waals surface area (Å²) in [5.74, 6) is 0. The first-order chi connectivity index (χ1) is 3.43. The molecule has 1 heterocycles. The van der Waals surface area contributed by atoms with Gasteiger partial charge in [-0.05, 0) is 12.0 Å². The standard InChI is InChI=1S/C4H4NO2.K/c6-3-4-1-2-7-5-4;/h1,6H,3H2;/q-1;+1. The minimum atomic E-state index is -0.0764. The van der Waals surface area contributed by atoms with Gasteiger partial charge in [-0.2, -0.15) is 6.07 Å². The summed E-state index contributed by atoms with van der Waals surface area (Å²) in [4.78, 5) is 0. The molecule has 0 spiro atoms. The number of hydrogen-bond acceptors (Lipinski definition) is 3. The van der Waals surface area contributed by atoms with Crippen molar-refractivity contribution in [2.45, 2.75) is 6.61 Å². The zero-order chi connectivity index (χ0) is 5.11. The maximum atomic E-state index is 8.28. The molecule has 0 atom stereocenters. The molecule has 38 valence electrons. The molecule has 3 nitrogen and oxygen atoms in total. The van der Waals surface area contributed by atoms with E-state index in [4.69, 9.17) is 5.11 Å². The SMILES string of the molecule is OCc1c[c-]on1.[K+]. The zero-order valence-electron chi connectivity index (χ0n) is 4.59. The Kier molecular flexibility index (Phi) is 5.13. The number of aliphatic hydroxyl groups excluding tert-OH is 1. The van der Waals surface area contributed by atoms with Crippen LogP contribution in [-0.4, -0.2) is 10.3 Å². The van der Waals surface area contributed by atoms with Crippen molar-refractivity contribution >= 4 is 0 Å². The van der Waals surface area contributed by atoms with E-state index in [0.717, 1.165) is 0 Å². The van der Waals surface area contributed by atoms with Crippen LogP contribution in [-0.2, 0) is 6.61 Å². The van der Waals surface area contributed by atoms with Gasteiger partial charge in [-0.3, -0.25) is 0 Å². The molecule has 1 rings (SSSR count). The van der Waals surface area contributed by atoms with Crippen LogP contribution in [0.15, 0.2) is 10.6 Å². The van der Waals surface area contributed by atoms with E-state index in [0.29, 0.717) is 5.69 Å². The topological polar surface area (TPSA) is 46.3 Å². The molecule has 0 fully saturated rings. The van der Waals surface area contributed by atoms with Crippen molar-refractivity contribution in [3.8, 4) is 0 Å². The molecule has 1 aromatic rings. The Labute approximate surface area is 89.5 Å². The van der Waals surface area contributed by atoms with E-state index in [9.17, 15) is 0 Å². The van der Waals surface area contributed by atoms with Gasteiger partial charge >= 0.3 is 51.4 Å². The molecule has 0 saturated heterocycles. The van der Waals surface area contributed by atoms with E-state index < -0.39 is 0 Å². The molecule has 0 aliphatic rings. The fourth-order valence-corrected chi connectivity index (χ4v) is 0.280. The fraction of sp³-hybridized carbons (Fsp3) is 0.250. The van der Waals surface area contributed by atoms with Crippen LogP contribution in [0.3, 0.4) is 0 Å². The molecule has 0 saturated carbocycles. The van der Waals surface area contributed by atoms with Gasteiger partial charge in [-0.15, -0.1) is 0 Å². The third-order valence-corrected chi connectivity index (χ3v) is 0.603. The minimum absolute atomic E-state index is 0. The first kappa shape index (κ1) is 8.81. The maximum absolute atomic E-state index is 8.28. The molecular weight excluding hydrogens is 133 g/mol. The van der Waals surface area contributed by atoms with E-state index >= 15 is 0 Å². The Balaban J connectivity index is 0.000000490. The van der Waals surface area contributed by atoms with Crippen LogP contribution in [0, 0.1) is 6.26 Å². The number of aromatic nitrogens is 1. The summed E-state index contributed by atoms with van der Waals surface area (Å²) in [6.07, 6.45) is 2.33. The quantitative estimate of drug-likeness (QED) is 0.331. The summed E-state index contributed by atoms with van der Waals surface area (Å²) < 4.78 is 4.27. The Morgan fingerprint density at radius 1 is 1.88 bits per heavy atom. The van der Waals surface area contributed by atoms with Crippen molar-refractivity contribution in [3.63, 3.8) is 0 Å². The molecule has 4 heteroatoms. The summed E-state index contributed by atoms with van der Waals surface area (Å²) >= 11 is 0. The second-order valence-corrected chi connectivity index (χ2v) is 1.09. The van der Waals surface area contributed by atoms with Gasteiger partial charge in [0.1, 0.15) is 0 Å². The molecule has 0 aliphatic heterocycles. The summed E-state index contributed by atoms with van der Waals surface area (Å²) in [5.41, 5.74) is 0.514. The Hall–Kier alpha value is 0.806. The van der Waals surface area contributed by atoms with Crippen LogP contribution >= 0.6 is 0 Å². The summed E-state index contributed by atoms with van der Waals surface area (Å²) in [6, 6.07) is 1.49. The first-order valence-electron chi connectivity index (χ1n) is 1.86. The van der Waals surface area contributed by atoms with Gasteiger partial charge in [0.25, 0.3) is 0 Å². The summed E-state index contributed by atoms with van der Waals surface area (Å²) in [5, 5.41) is 11.6. The van der Waals surface area contributed by atoms with Crippen molar-refractivity contribution < 1.29 is 61.0 Å². The van der Waals surface area contributed by atoms with Crippen molar-refractivity contribution in [1.82, 2.24) is 5.16 Å². The van der Waals surface area contributed by atoms with E-state index in [-0.39, 0.29) is 58.0 Å². The second-order valence-electron chi connectivity index (χ2n) is 1.09. The molecule has 8 heavy (non-hydrogen) atoms. The average molecular weight is 137 g/mol. The van der Waals surface area contributed by atoms with Crippen molar-refractivity contribution in [1.29, 1.82) is 0 Å². The smallest absolute Gasteiger partial charge is 0.480 e. The molecule has 0 amide bonds. The van der Waals surface area contributed by atoms with Crippen molar-refractivity contribution in [2.24, 2.45) is 0 Å². The Morgan fingerprint density at radius 2 is 2.62 bits per heavy atom. The van der Waals surface area contributed by atoms with Gasteiger partial charge in [0.05, 0.1) is 0 Å². The summed E-state index contributed by atoms with van der Waals surface area (Å²) in [7, 11) is 0. The van der Waals surface area contributed by atoms with Crippen molar-refractivity contribution in [2.75, 3.05) is 0 Å². The average Bonchev–Trinajstić information content (AvgIpc) is 2.14. The third-order valence-electron chi connectivity index (χ3n) is 0.603. The number of aliphatic hydroxyl groups is 1. The predicted octanol–water partition coefficient (Wildman–Crippen LogP) is -3.03. The van der Waals surface area contributed by atoms with Gasteiger partial charge < -0.3 is 9.63 Å². The zero-order valence-corrected chi connectivity index (χ0v) is 7.71. The van der Waals surface area contributed by atoms with Crippen LogP contribution in [0.4, 0.5) is 0 Å². The molecule has 0 unspecified atom stereocenters. The van der Waals surface area contributed by atoms with Gasteiger partial charge in [0.15, 0.2) is 0 Å². The summed E-state index contributed by atoms with van der Waals surface area (Å²) in [6.45, 7) is -0.0764. The third kappa shape index (κ3) is 2.39. The van der Waals surface area contributed by atoms with E-state index in [1.165, 1.54) is 6.07 Å².